The molecule has 1 aliphatic heterocycles. The molecule has 2 N–H and O–H groups in total. The predicted molar refractivity (Wildman–Crippen MR) is 137 cm³/mol. The second-order valence-electron chi connectivity index (χ2n) is 7.90. The van der Waals surface area contributed by atoms with Crippen molar-refractivity contribution in [3.63, 3.8) is 0 Å². The maximum Gasteiger partial charge on any atom is 0.175 e. The fourth-order valence-electron chi connectivity index (χ4n) is 3.68. The molecule has 4 rings (SSSR count). The van der Waals surface area contributed by atoms with Crippen molar-refractivity contribution in [3.8, 4) is 23.0 Å². The van der Waals surface area contributed by atoms with E-state index in [1.807, 2.05) is 67.6 Å². The number of benzene rings is 3. The Morgan fingerprint density at radius 2 is 1.74 bits per heavy atom. The number of halogens is 2. The molecule has 0 aromatic heterocycles. The van der Waals surface area contributed by atoms with Gasteiger partial charge in [0.05, 0.1) is 17.7 Å². The van der Waals surface area contributed by atoms with E-state index in [-0.39, 0.29) is 18.4 Å². The van der Waals surface area contributed by atoms with Crippen LogP contribution < -0.4 is 24.3 Å². The second kappa shape index (κ2) is 12.3. The predicted octanol–water partition coefficient (Wildman–Crippen LogP) is 5.44. The van der Waals surface area contributed by atoms with Crippen molar-refractivity contribution < 1.29 is 24.1 Å². The summed E-state index contributed by atoms with van der Waals surface area (Å²) in [5.41, 5.74) is 2.87. The molecule has 1 aliphatic rings. The van der Waals surface area contributed by atoms with E-state index in [2.05, 4.69) is 21.2 Å². The highest BCUT2D eigenvalue weighted by Gasteiger charge is 2.18. The van der Waals surface area contributed by atoms with Crippen LogP contribution in [0.15, 0.2) is 65.1 Å². The first-order valence-electron chi connectivity index (χ1n) is 10.9. The standard InChI is InChI=1S/C26H28BrNO5.ClH/c1-17(25(29)20-6-4-3-5-7-20)28-15-19-12-21(27)26(24(14-19)30-2)33-16-18-8-9-22-23(13-18)32-11-10-31-22;/h3-9,12-14,17,25,28-29H,10-11,15-16H2,1-2H3;1H. The molecule has 0 saturated carbocycles. The highest BCUT2D eigenvalue weighted by molar-refractivity contribution is 9.10. The molecule has 2 unspecified atom stereocenters. The van der Waals surface area contributed by atoms with Crippen LogP contribution in [0.5, 0.6) is 23.0 Å². The molecule has 3 aromatic rings. The lowest BCUT2D eigenvalue weighted by Gasteiger charge is -2.21. The van der Waals surface area contributed by atoms with Gasteiger partial charge in [-0.25, -0.2) is 0 Å². The van der Waals surface area contributed by atoms with Gasteiger partial charge in [-0.3, -0.25) is 0 Å². The van der Waals surface area contributed by atoms with Crippen LogP contribution in [0.2, 0.25) is 0 Å². The largest absolute Gasteiger partial charge is 0.493 e. The van der Waals surface area contributed by atoms with Gasteiger partial charge in [0.25, 0.3) is 0 Å². The summed E-state index contributed by atoms with van der Waals surface area (Å²) in [6.45, 7) is 4.02. The monoisotopic (exact) mass is 549 g/mol. The van der Waals surface area contributed by atoms with Crippen LogP contribution in [0, 0.1) is 0 Å². The Labute approximate surface area is 214 Å². The minimum Gasteiger partial charge on any atom is -0.493 e. The zero-order valence-electron chi connectivity index (χ0n) is 19.1. The van der Waals surface area contributed by atoms with Crippen molar-refractivity contribution in [2.24, 2.45) is 0 Å². The van der Waals surface area contributed by atoms with E-state index in [0.29, 0.717) is 37.9 Å². The molecule has 0 bridgehead atoms. The Balaban J connectivity index is 0.00000324. The first-order valence-corrected chi connectivity index (χ1v) is 11.7. The molecule has 182 valence electrons. The molecule has 0 aliphatic carbocycles. The number of hydrogen-bond donors (Lipinski definition) is 2. The molecular formula is C26H29BrClNO5. The quantitative estimate of drug-likeness (QED) is 0.370. The van der Waals surface area contributed by atoms with Crippen molar-refractivity contribution in [3.05, 3.63) is 81.8 Å². The van der Waals surface area contributed by atoms with Gasteiger partial charge in [-0.15, -0.1) is 12.4 Å². The second-order valence-corrected chi connectivity index (χ2v) is 8.76. The Bertz CT molecular complexity index is 1080. The van der Waals surface area contributed by atoms with E-state index in [4.69, 9.17) is 18.9 Å². The normalized spacial score (nSPS) is 14.0. The number of aliphatic hydroxyl groups is 1. The summed E-state index contributed by atoms with van der Waals surface area (Å²) < 4.78 is 23.7. The Morgan fingerprint density at radius 1 is 1.00 bits per heavy atom. The number of methoxy groups -OCH3 is 1. The lowest BCUT2D eigenvalue weighted by atomic mass is 10.0. The van der Waals surface area contributed by atoms with Crippen molar-refractivity contribution in [1.29, 1.82) is 0 Å². The third-order valence-corrected chi connectivity index (χ3v) is 6.11. The van der Waals surface area contributed by atoms with Gasteiger partial charge in [0, 0.05) is 12.6 Å². The zero-order valence-corrected chi connectivity index (χ0v) is 21.5. The first kappa shape index (κ1) is 26.2. The first-order chi connectivity index (χ1) is 16.0. The lowest BCUT2D eigenvalue weighted by Crippen LogP contribution is -2.31. The molecule has 2 atom stereocenters. The minimum atomic E-state index is -0.592. The topological polar surface area (TPSA) is 69.2 Å². The van der Waals surface area contributed by atoms with Gasteiger partial charge in [-0.1, -0.05) is 36.4 Å². The van der Waals surface area contributed by atoms with E-state index >= 15 is 0 Å². The Hall–Kier alpha value is -2.45. The van der Waals surface area contributed by atoms with Gasteiger partial charge in [0.2, 0.25) is 0 Å². The SMILES string of the molecule is COc1cc(CNC(C)C(O)c2ccccc2)cc(Br)c1OCc1ccc2c(c1)OCCO2.Cl. The number of nitrogens with one attached hydrogen (secondary N) is 1. The Morgan fingerprint density at radius 3 is 2.47 bits per heavy atom. The number of hydrogen-bond acceptors (Lipinski definition) is 6. The van der Waals surface area contributed by atoms with E-state index in [0.717, 1.165) is 32.7 Å². The van der Waals surface area contributed by atoms with E-state index in [1.165, 1.54) is 0 Å². The summed E-state index contributed by atoms with van der Waals surface area (Å²) in [5, 5.41) is 14.0. The fraction of sp³-hybridized carbons (Fsp3) is 0.308. The molecule has 6 nitrogen and oxygen atoms in total. The number of fused-ring (bicyclic) bond motifs is 1. The van der Waals surface area contributed by atoms with Crippen molar-refractivity contribution >= 4 is 28.3 Å². The number of rotatable bonds is 9. The molecule has 0 spiro atoms. The summed E-state index contributed by atoms with van der Waals surface area (Å²) >= 11 is 3.62. The van der Waals surface area contributed by atoms with Gasteiger partial charge in [0.1, 0.15) is 19.8 Å². The van der Waals surface area contributed by atoms with Crippen molar-refractivity contribution in [2.45, 2.75) is 32.2 Å². The third kappa shape index (κ3) is 6.36. The molecule has 0 fully saturated rings. The van der Waals surface area contributed by atoms with Gasteiger partial charge in [0.15, 0.2) is 23.0 Å². The summed E-state index contributed by atoms with van der Waals surface area (Å²) in [6, 6.07) is 19.3. The van der Waals surface area contributed by atoms with Gasteiger partial charge in [-0.2, -0.15) is 0 Å². The highest BCUT2D eigenvalue weighted by Crippen LogP contribution is 2.38. The van der Waals surface area contributed by atoms with Gasteiger partial charge >= 0.3 is 0 Å². The number of ether oxygens (including phenoxy) is 4. The summed E-state index contributed by atoms with van der Waals surface area (Å²) in [6.07, 6.45) is -0.592. The maximum atomic E-state index is 10.6. The van der Waals surface area contributed by atoms with E-state index in [1.54, 1.807) is 7.11 Å². The minimum absolute atomic E-state index is 0. The molecule has 8 heteroatoms. The van der Waals surface area contributed by atoms with E-state index in [9.17, 15) is 5.11 Å². The highest BCUT2D eigenvalue weighted by atomic mass is 79.9. The third-order valence-electron chi connectivity index (χ3n) is 5.52. The fourth-order valence-corrected chi connectivity index (χ4v) is 4.28. The molecular weight excluding hydrogens is 522 g/mol. The summed E-state index contributed by atoms with van der Waals surface area (Å²) in [4.78, 5) is 0. The van der Waals surface area contributed by atoms with Crippen LogP contribution in [0.25, 0.3) is 0 Å². The van der Waals surface area contributed by atoms with Crippen LogP contribution in [-0.2, 0) is 13.2 Å². The van der Waals surface area contributed by atoms with Gasteiger partial charge < -0.3 is 29.4 Å². The van der Waals surface area contributed by atoms with Crippen molar-refractivity contribution in [2.75, 3.05) is 20.3 Å². The van der Waals surface area contributed by atoms with Crippen LogP contribution in [-0.4, -0.2) is 31.5 Å². The Kier molecular flexibility index (Phi) is 9.47. The molecule has 0 saturated heterocycles. The van der Waals surface area contributed by atoms with Crippen LogP contribution in [0.3, 0.4) is 0 Å². The lowest BCUT2D eigenvalue weighted by molar-refractivity contribution is 0.135. The summed E-state index contributed by atoms with van der Waals surface area (Å²) in [5.74, 6) is 2.76. The van der Waals surface area contributed by atoms with Crippen LogP contribution in [0.1, 0.15) is 29.7 Å². The maximum absolute atomic E-state index is 10.6. The van der Waals surface area contributed by atoms with E-state index < -0.39 is 6.10 Å². The zero-order chi connectivity index (χ0) is 23.2. The van der Waals surface area contributed by atoms with Gasteiger partial charge in [-0.05, 0) is 63.8 Å². The summed E-state index contributed by atoms with van der Waals surface area (Å²) in [7, 11) is 1.62. The molecule has 0 radical (unpaired) electrons. The average Bonchev–Trinajstić information content (AvgIpc) is 2.86. The average molecular weight is 551 g/mol. The molecule has 0 amide bonds. The smallest absolute Gasteiger partial charge is 0.175 e. The number of aliphatic hydroxyl groups excluding tert-OH is 1. The van der Waals surface area contributed by atoms with Crippen LogP contribution in [0.4, 0.5) is 0 Å². The molecule has 1 heterocycles. The van der Waals surface area contributed by atoms with Crippen molar-refractivity contribution in [1.82, 2.24) is 5.32 Å². The molecule has 34 heavy (non-hydrogen) atoms. The van der Waals surface area contributed by atoms with Crippen LogP contribution >= 0.6 is 28.3 Å². The molecule has 3 aromatic carbocycles.